The van der Waals surface area contributed by atoms with E-state index in [0.717, 1.165) is 24.3 Å². The number of hydrogen-bond donors (Lipinski definition) is 0. The number of aromatic nitrogens is 2. The number of nitrogens with zero attached hydrogens (tertiary/aromatic N) is 2. The predicted octanol–water partition coefficient (Wildman–Crippen LogP) is 5.05. The van der Waals surface area contributed by atoms with Crippen LogP contribution < -0.4 is 4.74 Å². The highest BCUT2D eigenvalue weighted by molar-refractivity contribution is 7.99. The normalized spacial score (nSPS) is 20.8. The van der Waals surface area contributed by atoms with Crippen LogP contribution in [0.25, 0.3) is 0 Å². The van der Waals surface area contributed by atoms with Crippen molar-refractivity contribution in [3.63, 3.8) is 0 Å². The second-order valence-electron chi connectivity index (χ2n) is 8.12. The molecule has 0 radical (unpaired) electrons. The van der Waals surface area contributed by atoms with Gasteiger partial charge in [0.25, 0.3) is 0 Å². The number of thioether (sulfide) groups is 1. The Bertz CT molecular complexity index is 975. The van der Waals surface area contributed by atoms with Gasteiger partial charge in [-0.05, 0) is 49.6 Å². The van der Waals surface area contributed by atoms with Crippen LogP contribution in [0.4, 0.5) is 0 Å². The summed E-state index contributed by atoms with van der Waals surface area (Å²) in [5, 5.41) is 0. The van der Waals surface area contributed by atoms with Gasteiger partial charge in [0.05, 0.1) is 32.7 Å². The van der Waals surface area contributed by atoms with E-state index in [9.17, 15) is 0 Å². The fourth-order valence-corrected chi connectivity index (χ4v) is 4.92. The molecule has 0 amide bonds. The fraction of sp³-hybridized carbons (Fsp3) is 0.400. The minimum Gasteiger partial charge on any atom is -0.497 e. The molecule has 0 bridgehead atoms. The molecule has 1 aliphatic rings. The van der Waals surface area contributed by atoms with Crippen LogP contribution in [0.15, 0.2) is 66.1 Å². The second kappa shape index (κ2) is 9.90. The molecule has 1 aliphatic heterocycles. The molecule has 2 unspecified atom stereocenters. The molecule has 4 rings (SSSR count). The van der Waals surface area contributed by atoms with Crippen molar-refractivity contribution in [2.45, 2.75) is 50.0 Å². The monoisotopic (exact) mass is 438 g/mol. The minimum absolute atomic E-state index is 0.0595. The SMILES string of the molecule is COc1ccc(CCC2(Cn3ccnc3)OCC(CSc3cc(C)ccc3C)O2)cc1. The van der Waals surface area contributed by atoms with Crippen LogP contribution in [0.3, 0.4) is 0 Å². The molecule has 1 saturated heterocycles. The van der Waals surface area contributed by atoms with Gasteiger partial charge in [0, 0.05) is 29.5 Å². The first-order valence-corrected chi connectivity index (χ1v) is 11.6. The minimum atomic E-state index is -0.645. The summed E-state index contributed by atoms with van der Waals surface area (Å²) in [4.78, 5) is 5.49. The van der Waals surface area contributed by atoms with E-state index in [1.807, 2.05) is 41.0 Å². The van der Waals surface area contributed by atoms with Gasteiger partial charge in [0.15, 0.2) is 5.79 Å². The van der Waals surface area contributed by atoms with E-state index in [2.05, 4.69) is 49.2 Å². The molecule has 1 aromatic heterocycles. The predicted molar refractivity (Wildman–Crippen MR) is 124 cm³/mol. The molecular formula is C25H30N2O3S. The summed E-state index contributed by atoms with van der Waals surface area (Å²) in [5.74, 6) is 1.10. The average molecular weight is 439 g/mol. The number of ether oxygens (including phenoxy) is 3. The summed E-state index contributed by atoms with van der Waals surface area (Å²) >= 11 is 1.85. The van der Waals surface area contributed by atoms with Gasteiger partial charge in [0.2, 0.25) is 0 Å². The van der Waals surface area contributed by atoms with Gasteiger partial charge in [0.1, 0.15) is 5.75 Å². The van der Waals surface area contributed by atoms with Crippen LogP contribution in [-0.4, -0.2) is 40.9 Å². The lowest BCUT2D eigenvalue weighted by Gasteiger charge is -2.28. The van der Waals surface area contributed by atoms with Gasteiger partial charge in [-0.1, -0.05) is 29.8 Å². The molecule has 1 fully saturated rings. The standard InChI is InChI=1S/C25H30N2O3S/c1-19-4-5-20(2)24(14-19)31-16-23-15-29-25(30-23,17-27-13-12-26-18-27)11-10-21-6-8-22(28-3)9-7-21/h4-9,12-14,18,23H,10-11,15-17H2,1-3H3. The molecular weight excluding hydrogens is 408 g/mol. The zero-order valence-corrected chi connectivity index (χ0v) is 19.2. The van der Waals surface area contributed by atoms with Crippen molar-refractivity contribution >= 4 is 11.8 Å². The van der Waals surface area contributed by atoms with Crippen molar-refractivity contribution < 1.29 is 14.2 Å². The number of methoxy groups -OCH3 is 1. The van der Waals surface area contributed by atoms with Gasteiger partial charge in [-0.15, -0.1) is 11.8 Å². The Balaban J connectivity index is 1.41. The van der Waals surface area contributed by atoms with Crippen molar-refractivity contribution in [1.29, 1.82) is 0 Å². The number of imidazole rings is 1. The largest absolute Gasteiger partial charge is 0.497 e. The molecule has 3 aromatic rings. The highest BCUT2D eigenvalue weighted by atomic mass is 32.2. The highest BCUT2D eigenvalue weighted by Gasteiger charge is 2.41. The van der Waals surface area contributed by atoms with Crippen LogP contribution in [-0.2, 0) is 22.4 Å². The van der Waals surface area contributed by atoms with Crippen LogP contribution >= 0.6 is 11.8 Å². The summed E-state index contributed by atoms with van der Waals surface area (Å²) in [6.07, 6.45) is 7.28. The van der Waals surface area contributed by atoms with Gasteiger partial charge in [-0.25, -0.2) is 4.98 Å². The highest BCUT2D eigenvalue weighted by Crippen LogP contribution is 2.34. The van der Waals surface area contributed by atoms with Crippen molar-refractivity contribution in [3.8, 4) is 5.75 Å². The van der Waals surface area contributed by atoms with E-state index < -0.39 is 5.79 Å². The van der Waals surface area contributed by atoms with Crippen LogP contribution in [0, 0.1) is 13.8 Å². The maximum Gasteiger partial charge on any atom is 0.187 e. The van der Waals surface area contributed by atoms with E-state index in [4.69, 9.17) is 14.2 Å². The number of aryl methyl sites for hydroxylation is 3. The quantitative estimate of drug-likeness (QED) is 0.438. The van der Waals surface area contributed by atoms with Gasteiger partial charge in [-0.3, -0.25) is 0 Å². The Kier molecular flexibility index (Phi) is 7.00. The second-order valence-corrected chi connectivity index (χ2v) is 9.19. The molecule has 2 heterocycles. The summed E-state index contributed by atoms with van der Waals surface area (Å²) in [6.45, 7) is 5.53. The van der Waals surface area contributed by atoms with E-state index >= 15 is 0 Å². The molecule has 0 aliphatic carbocycles. The summed E-state index contributed by atoms with van der Waals surface area (Å²) in [7, 11) is 1.69. The third kappa shape index (κ3) is 5.70. The summed E-state index contributed by atoms with van der Waals surface area (Å²) < 4.78 is 20.2. The lowest BCUT2D eigenvalue weighted by molar-refractivity contribution is -0.180. The molecule has 0 saturated carbocycles. The van der Waals surface area contributed by atoms with Crippen molar-refractivity contribution in [2.75, 3.05) is 19.5 Å². The van der Waals surface area contributed by atoms with Gasteiger partial charge >= 0.3 is 0 Å². The molecule has 2 atom stereocenters. The smallest absolute Gasteiger partial charge is 0.187 e. The first kappa shape index (κ1) is 21.9. The first-order chi connectivity index (χ1) is 15.0. The molecule has 31 heavy (non-hydrogen) atoms. The van der Waals surface area contributed by atoms with E-state index in [1.165, 1.54) is 21.6 Å². The third-order valence-electron chi connectivity index (χ3n) is 5.62. The average Bonchev–Trinajstić information content (AvgIpc) is 3.44. The molecule has 164 valence electrons. The third-order valence-corrected chi connectivity index (χ3v) is 6.91. The molecule has 6 heteroatoms. The number of rotatable bonds is 9. The molecule has 0 spiro atoms. The number of hydrogen-bond acceptors (Lipinski definition) is 5. The van der Waals surface area contributed by atoms with E-state index in [-0.39, 0.29) is 6.10 Å². The van der Waals surface area contributed by atoms with Crippen molar-refractivity contribution in [2.24, 2.45) is 0 Å². The molecule has 5 nitrogen and oxygen atoms in total. The lowest BCUT2D eigenvalue weighted by Crippen LogP contribution is -2.37. The maximum absolute atomic E-state index is 6.56. The van der Waals surface area contributed by atoms with E-state index in [1.54, 1.807) is 13.3 Å². The van der Waals surface area contributed by atoms with Crippen LogP contribution in [0.1, 0.15) is 23.1 Å². The van der Waals surface area contributed by atoms with Gasteiger partial charge in [-0.2, -0.15) is 0 Å². The molecule has 0 N–H and O–H groups in total. The topological polar surface area (TPSA) is 45.5 Å². The Labute approximate surface area is 188 Å². The Morgan fingerprint density at radius 1 is 1.19 bits per heavy atom. The Hall–Kier alpha value is -2.28. The van der Waals surface area contributed by atoms with E-state index in [0.29, 0.717) is 13.2 Å². The lowest BCUT2D eigenvalue weighted by atomic mass is 10.0. The Morgan fingerprint density at radius 3 is 2.77 bits per heavy atom. The zero-order valence-electron chi connectivity index (χ0n) is 18.4. The molecule has 2 aromatic carbocycles. The summed E-state index contributed by atoms with van der Waals surface area (Å²) in [5.41, 5.74) is 3.83. The van der Waals surface area contributed by atoms with Crippen molar-refractivity contribution in [3.05, 3.63) is 77.9 Å². The number of benzene rings is 2. The van der Waals surface area contributed by atoms with Crippen molar-refractivity contribution in [1.82, 2.24) is 9.55 Å². The maximum atomic E-state index is 6.56. The summed E-state index contributed by atoms with van der Waals surface area (Å²) in [6, 6.07) is 14.8. The zero-order chi connectivity index (χ0) is 21.7. The van der Waals surface area contributed by atoms with Crippen LogP contribution in [0.5, 0.6) is 5.75 Å². The fourth-order valence-electron chi connectivity index (χ4n) is 3.82. The van der Waals surface area contributed by atoms with Crippen LogP contribution in [0.2, 0.25) is 0 Å². The van der Waals surface area contributed by atoms with Gasteiger partial charge < -0.3 is 18.8 Å². The Morgan fingerprint density at radius 2 is 2.03 bits per heavy atom. The first-order valence-electron chi connectivity index (χ1n) is 10.7.